The van der Waals surface area contributed by atoms with E-state index in [0.29, 0.717) is 11.3 Å². The molecule has 0 saturated heterocycles. The number of benzene rings is 2. The Morgan fingerprint density at radius 2 is 1.91 bits per heavy atom. The first kappa shape index (κ1) is 23.1. The first-order valence-corrected chi connectivity index (χ1v) is 11.1. The summed E-state index contributed by atoms with van der Waals surface area (Å²) in [6, 6.07) is 13.4. The van der Waals surface area contributed by atoms with Gasteiger partial charge in [-0.15, -0.1) is 0 Å². The van der Waals surface area contributed by atoms with Crippen LogP contribution in [-0.2, 0) is 14.8 Å². The van der Waals surface area contributed by atoms with E-state index in [1.165, 1.54) is 47.5 Å². The van der Waals surface area contributed by atoms with Crippen molar-refractivity contribution >= 4 is 22.0 Å². The molecular formula is C23H22FN3O4S. The highest BCUT2D eigenvalue weighted by molar-refractivity contribution is 7.89. The highest BCUT2D eigenvalue weighted by Crippen LogP contribution is 2.25. The number of hydrogen-bond donors (Lipinski definition) is 1. The van der Waals surface area contributed by atoms with E-state index in [2.05, 4.69) is 4.98 Å². The predicted molar refractivity (Wildman–Crippen MR) is 119 cm³/mol. The molecule has 1 aromatic heterocycles. The van der Waals surface area contributed by atoms with Crippen LogP contribution in [0.5, 0.6) is 11.5 Å². The minimum absolute atomic E-state index is 0.000283. The molecule has 0 spiro atoms. The zero-order valence-electron chi connectivity index (χ0n) is 17.5. The van der Waals surface area contributed by atoms with Crippen molar-refractivity contribution in [2.75, 3.05) is 7.05 Å². The number of nitrogens with two attached hydrogens (primary N) is 1. The molecule has 7 nitrogen and oxygen atoms in total. The second kappa shape index (κ2) is 9.71. The summed E-state index contributed by atoms with van der Waals surface area (Å²) >= 11 is 0. The molecule has 2 aromatic carbocycles. The van der Waals surface area contributed by atoms with Gasteiger partial charge in [0.1, 0.15) is 5.75 Å². The molecule has 0 aliphatic heterocycles. The number of aromatic nitrogens is 1. The van der Waals surface area contributed by atoms with Gasteiger partial charge in [-0.25, -0.2) is 17.9 Å². The van der Waals surface area contributed by atoms with Crippen molar-refractivity contribution in [3.63, 3.8) is 0 Å². The smallest absolute Gasteiger partial charge is 0.246 e. The van der Waals surface area contributed by atoms with E-state index in [4.69, 9.17) is 9.88 Å². The number of ether oxygens (including phenoxy) is 1. The number of amides is 1. The maximum absolute atomic E-state index is 14.4. The second-order valence-electron chi connectivity index (χ2n) is 7.05. The molecule has 0 aliphatic rings. The summed E-state index contributed by atoms with van der Waals surface area (Å²) in [5, 5.41) is 5.11. The summed E-state index contributed by atoms with van der Waals surface area (Å²) in [4.78, 5) is 17.9. The number of sulfonamides is 1. The molecular weight excluding hydrogens is 433 g/mol. The van der Waals surface area contributed by atoms with E-state index in [1.807, 2.05) is 6.92 Å². The molecule has 1 heterocycles. The van der Waals surface area contributed by atoms with E-state index >= 15 is 0 Å². The molecule has 2 N–H and O–H groups in total. The van der Waals surface area contributed by atoms with Gasteiger partial charge < -0.3 is 9.64 Å². The van der Waals surface area contributed by atoms with Crippen molar-refractivity contribution < 1.29 is 22.3 Å². The molecule has 1 unspecified atom stereocenters. The zero-order valence-corrected chi connectivity index (χ0v) is 18.3. The third kappa shape index (κ3) is 5.77. The average Bonchev–Trinajstić information content (AvgIpc) is 2.78. The summed E-state index contributed by atoms with van der Waals surface area (Å²) in [7, 11) is -2.16. The minimum Gasteiger partial charge on any atom is -0.453 e. The molecule has 0 bridgehead atoms. The van der Waals surface area contributed by atoms with Crippen molar-refractivity contribution in [2.24, 2.45) is 5.14 Å². The lowest BCUT2D eigenvalue weighted by Gasteiger charge is -2.24. The van der Waals surface area contributed by atoms with Crippen molar-refractivity contribution in [3.05, 3.63) is 90.0 Å². The van der Waals surface area contributed by atoms with Crippen LogP contribution in [0.1, 0.15) is 24.1 Å². The zero-order chi connectivity index (χ0) is 23.3. The third-order valence-electron chi connectivity index (χ3n) is 4.86. The Balaban J connectivity index is 1.66. The summed E-state index contributed by atoms with van der Waals surface area (Å²) in [5.74, 6) is -0.406. The fourth-order valence-corrected chi connectivity index (χ4v) is 3.39. The van der Waals surface area contributed by atoms with E-state index < -0.39 is 15.8 Å². The summed E-state index contributed by atoms with van der Waals surface area (Å²) in [6.45, 7) is 1.81. The van der Waals surface area contributed by atoms with E-state index in [0.717, 1.165) is 5.56 Å². The van der Waals surface area contributed by atoms with Gasteiger partial charge in [0, 0.05) is 19.3 Å². The van der Waals surface area contributed by atoms with Crippen LogP contribution in [0.3, 0.4) is 0 Å². The number of carbonyl (C=O) groups is 1. The second-order valence-corrected chi connectivity index (χ2v) is 8.61. The van der Waals surface area contributed by atoms with Crippen molar-refractivity contribution in [3.8, 4) is 11.5 Å². The van der Waals surface area contributed by atoms with Crippen molar-refractivity contribution in [2.45, 2.75) is 17.9 Å². The molecule has 32 heavy (non-hydrogen) atoms. The Labute approximate surface area is 186 Å². The predicted octanol–water partition coefficient (Wildman–Crippen LogP) is 3.89. The molecule has 1 amide bonds. The maximum Gasteiger partial charge on any atom is 0.246 e. The highest BCUT2D eigenvalue weighted by atomic mass is 32.2. The number of rotatable bonds is 7. The number of likely N-dealkylation sites (N-methyl/N-ethyl adjacent to an activating group) is 1. The largest absolute Gasteiger partial charge is 0.453 e. The van der Waals surface area contributed by atoms with Crippen LogP contribution in [0.25, 0.3) is 6.08 Å². The fraction of sp³-hybridized carbons (Fsp3) is 0.130. The van der Waals surface area contributed by atoms with Crippen LogP contribution >= 0.6 is 0 Å². The fourth-order valence-electron chi connectivity index (χ4n) is 2.87. The average molecular weight is 456 g/mol. The van der Waals surface area contributed by atoms with Gasteiger partial charge in [-0.1, -0.05) is 18.2 Å². The monoisotopic (exact) mass is 455 g/mol. The minimum atomic E-state index is -3.78. The van der Waals surface area contributed by atoms with Crippen molar-refractivity contribution in [1.82, 2.24) is 9.88 Å². The maximum atomic E-state index is 14.4. The van der Waals surface area contributed by atoms with E-state index in [9.17, 15) is 17.6 Å². The normalized spacial score (nSPS) is 12.5. The van der Waals surface area contributed by atoms with Gasteiger partial charge in [0.15, 0.2) is 11.6 Å². The van der Waals surface area contributed by atoms with Gasteiger partial charge in [0.05, 0.1) is 17.1 Å². The first-order valence-electron chi connectivity index (χ1n) is 9.60. The third-order valence-corrected chi connectivity index (χ3v) is 5.79. The quantitative estimate of drug-likeness (QED) is 0.545. The molecule has 0 radical (unpaired) electrons. The summed E-state index contributed by atoms with van der Waals surface area (Å²) in [5.41, 5.74) is 1.23. The van der Waals surface area contributed by atoms with Gasteiger partial charge in [-0.05, 0) is 60.5 Å². The molecule has 0 fully saturated rings. The van der Waals surface area contributed by atoms with E-state index in [1.54, 1.807) is 43.6 Å². The van der Waals surface area contributed by atoms with Crippen LogP contribution in [0.15, 0.2) is 78.0 Å². The van der Waals surface area contributed by atoms with Crippen LogP contribution in [-0.4, -0.2) is 31.3 Å². The molecule has 1 atom stereocenters. The van der Waals surface area contributed by atoms with Crippen molar-refractivity contribution in [1.29, 1.82) is 0 Å². The summed E-state index contributed by atoms with van der Waals surface area (Å²) in [6.07, 6.45) is 5.91. The molecule has 3 rings (SSSR count). The Morgan fingerprint density at radius 1 is 1.19 bits per heavy atom. The van der Waals surface area contributed by atoms with Crippen LogP contribution < -0.4 is 9.88 Å². The lowest BCUT2D eigenvalue weighted by molar-refractivity contribution is -0.126. The van der Waals surface area contributed by atoms with Gasteiger partial charge in [-0.2, -0.15) is 0 Å². The Morgan fingerprint density at radius 3 is 2.50 bits per heavy atom. The van der Waals surface area contributed by atoms with Gasteiger partial charge >= 0.3 is 0 Å². The Hall–Kier alpha value is -3.56. The van der Waals surface area contributed by atoms with Crippen LogP contribution in [0.2, 0.25) is 0 Å². The number of halogens is 1. The number of hydrogen-bond acceptors (Lipinski definition) is 5. The topological polar surface area (TPSA) is 103 Å². The SMILES string of the molecule is CC(c1ccc(S(N)(=O)=O)cc1)N(C)C(=O)/C=C/c1ccc(Oc2cccnc2)c(F)c1. The van der Waals surface area contributed by atoms with Gasteiger partial charge in [0.25, 0.3) is 0 Å². The number of pyridine rings is 1. The standard InChI is InChI=1S/C23H22FN3O4S/c1-16(18-7-9-20(10-8-18)32(25,29)30)27(2)23(28)12-6-17-5-11-22(21(24)14-17)31-19-4-3-13-26-15-19/h3-16H,1-2H3,(H2,25,29,30)/b12-6+. The molecule has 9 heteroatoms. The van der Waals surface area contributed by atoms with E-state index in [-0.39, 0.29) is 22.6 Å². The Bertz CT molecular complexity index is 1230. The lowest BCUT2D eigenvalue weighted by Crippen LogP contribution is -2.28. The molecule has 0 aliphatic carbocycles. The van der Waals surface area contributed by atoms with Gasteiger partial charge in [0.2, 0.25) is 15.9 Å². The molecule has 3 aromatic rings. The Kier molecular flexibility index (Phi) is 7.01. The lowest BCUT2D eigenvalue weighted by atomic mass is 10.1. The first-order chi connectivity index (χ1) is 15.1. The number of primary sulfonamides is 1. The molecule has 0 saturated carbocycles. The summed E-state index contributed by atoms with van der Waals surface area (Å²) < 4.78 is 42.6. The molecule has 166 valence electrons. The number of nitrogens with zero attached hydrogens (tertiary/aromatic N) is 2. The van der Waals surface area contributed by atoms with Gasteiger partial charge in [-0.3, -0.25) is 9.78 Å². The number of carbonyl (C=O) groups excluding carboxylic acids is 1. The van der Waals surface area contributed by atoms with Crippen LogP contribution in [0.4, 0.5) is 4.39 Å². The van der Waals surface area contributed by atoms with Crippen LogP contribution in [0, 0.1) is 5.82 Å². The highest BCUT2D eigenvalue weighted by Gasteiger charge is 2.16.